The van der Waals surface area contributed by atoms with Gasteiger partial charge in [0.15, 0.2) is 5.82 Å². The fraction of sp³-hybridized carbons (Fsp3) is 0.455. The van der Waals surface area contributed by atoms with E-state index >= 15 is 0 Å². The van der Waals surface area contributed by atoms with Crippen LogP contribution in [-0.2, 0) is 10.0 Å². The van der Waals surface area contributed by atoms with Gasteiger partial charge in [0, 0.05) is 18.3 Å². The molecule has 0 saturated carbocycles. The number of benzene rings is 1. The zero-order valence-electron chi connectivity index (χ0n) is 10.9. The third-order valence-electron chi connectivity index (χ3n) is 2.76. The van der Waals surface area contributed by atoms with E-state index in [1.807, 2.05) is 25.9 Å². The predicted molar refractivity (Wildman–Crippen MR) is 74.2 cm³/mol. The maximum absolute atomic E-state index is 13.7. The van der Waals surface area contributed by atoms with Gasteiger partial charge in [-0.1, -0.05) is 11.6 Å². The van der Waals surface area contributed by atoms with Crippen molar-refractivity contribution in [3.8, 4) is 0 Å². The lowest BCUT2D eigenvalue weighted by Crippen LogP contribution is -2.38. The molecule has 0 saturated heterocycles. The van der Waals surface area contributed by atoms with Crippen LogP contribution in [0.2, 0.25) is 5.02 Å². The van der Waals surface area contributed by atoms with Crippen LogP contribution in [0.3, 0.4) is 0 Å². The fourth-order valence-electron chi connectivity index (χ4n) is 1.27. The highest BCUT2D eigenvalue weighted by molar-refractivity contribution is 7.89. The molecule has 0 amide bonds. The Morgan fingerprint density at radius 3 is 2.58 bits per heavy atom. The van der Waals surface area contributed by atoms with Crippen LogP contribution in [0.4, 0.5) is 10.1 Å². The van der Waals surface area contributed by atoms with Gasteiger partial charge in [0.1, 0.15) is 4.90 Å². The minimum absolute atomic E-state index is 0.0330. The van der Waals surface area contributed by atoms with Crippen molar-refractivity contribution < 1.29 is 12.8 Å². The average molecular weight is 310 g/mol. The van der Waals surface area contributed by atoms with Crippen LogP contribution in [0.5, 0.6) is 0 Å². The summed E-state index contributed by atoms with van der Waals surface area (Å²) in [5.74, 6) is -0.999. The highest BCUT2D eigenvalue weighted by atomic mass is 35.5. The molecule has 19 heavy (non-hydrogen) atoms. The predicted octanol–water partition coefficient (Wildman–Crippen LogP) is 1.29. The number of sulfonamides is 1. The lowest BCUT2D eigenvalue weighted by atomic mass is 10.3. The molecule has 8 heteroatoms. The number of hydrogen-bond acceptors (Lipinski definition) is 4. The van der Waals surface area contributed by atoms with Gasteiger partial charge in [0.05, 0.1) is 5.02 Å². The third-order valence-corrected chi connectivity index (χ3v) is 4.45. The standard InChI is InChI=1S/C11H17ClFN3O2S/c1-7(16(2)3)6-15-19(17,18)10-5-8(14)4-9(12)11(10)13/h4-5,7,15H,6,14H2,1-3H3. The Labute approximate surface area is 117 Å². The van der Waals surface area contributed by atoms with E-state index in [0.717, 1.165) is 6.07 Å². The molecule has 0 spiro atoms. The highest BCUT2D eigenvalue weighted by Crippen LogP contribution is 2.25. The van der Waals surface area contributed by atoms with Crippen LogP contribution in [0.15, 0.2) is 17.0 Å². The molecule has 1 rings (SSSR count). The van der Waals surface area contributed by atoms with Gasteiger partial charge in [0.2, 0.25) is 10.0 Å². The Hall–Kier alpha value is -0.890. The zero-order chi connectivity index (χ0) is 14.8. The molecule has 0 heterocycles. The number of nitrogens with one attached hydrogen (secondary N) is 1. The van der Waals surface area contributed by atoms with Crippen molar-refractivity contribution in [2.75, 3.05) is 26.4 Å². The van der Waals surface area contributed by atoms with Crippen LogP contribution >= 0.6 is 11.6 Å². The molecule has 5 nitrogen and oxygen atoms in total. The lowest BCUT2D eigenvalue weighted by Gasteiger charge is -2.20. The van der Waals surface area contributed by atoms with Crippen LogP contribution in [-0.4, -0.2) is 40.0 Å². The summed E-state index contributed by atoms with van der Waals surface area (Å²) >= 11 is 5.58. The number of hydrogen-bond donors (Lipinski definition) is 2. The Kier molecular flexibility index (Phi) is 5.14. The van der Waals surface area contributed by atoms with Gasteiger partial charge in [-0.05, 0) is 33.2 Å². The van der Waals surface area contributed by atoms with E-state index in [0.29, 0.717) is 0 Å². The zero-order valence-corrected chi connectivity index (χ0v) is 12.5. The van der Waals surface area contributed by atoms with Crippen LogP contribution in [0, 0.1) is 5.82 Å². The summed E-state index contributed by atoms with van der Waals surface area (Å²) < 4.78 is 40.1. The molecule has 0 aromatic heterocycles. The molecule has 1 aromatic rings. The summed E-state index contributed by atoms with van der Waals surface area (Å²) in [4.78, 5) is 1.30. The largest absolute Gasteiger partial charge is 0.399 e. The van der Waals surface area contributed by atoms with Gasteiger partial charge in [-0.15, -0.1) is 0 Å². The van der Waals surface area contributed by atoms with Crippen molar-refractivity contribution in [1.82, 2.24) is 9.62 Å². The van der Waals surface area contributed by atoms with Gasteiger partial charge in [-0.2, -0.15) is 0 Å². The van der Waals surface area contributed by atoms with Crippen LogP contribution in [0.25, 0.3) is 0 Å². The van der Waals surface area contributed by atoms with E-state index in [1.165, 1.54) is 6.07 Å². The number of halogens is 2. The van der Waals surface area contributed by atoms with E-state index in [1.54, 1.807) is 0 Å². The average Bonchev–Trinajstić information content (AvgIpc) is 2.30. The van der Waals surface area contributed by atoms with Gasteiger partial charge >= 0.3 is 0 Å². The lowest BCUT2D eigenvalue weighted by molar-refractivity contribution is 0.313. The smallest absolute Gasteiger partial charge is 0.243 e. The summed E-state index contributed by atoms with van der Waals surface area (Å²) in [6.07, 6.45) is 0. The molecule has 3 N–H and O–H groups in total. The van der Waals surface area contributed by atoms with E-state index in [-0.39, 0.29) is 23.3 Å². The SMILES string of the molecule is CC(CNS(=O)(=O)c1cc(N)cc(Cl)c1F)N(C)C. The van der Waals surface area contributed by atoms with Crippen molar-refractivity contribution in [1.29, 1.82) is 0 Å². The second-order valence-corrected chi connectivity index (χ2v) is 6.62. The fourth-order valence-corrected chi connectivity index (χ4v) is 2.81. The van der Waals surface area contributed by atoms with E-state index < -0.39 is 20.7 Å². The van der Waals surface area contributed by atoms with Gasteiger partial charge < -0.3 is 10.6 Å². The summed E-state index contributed by atoms with van der Waals surface area (Å²) in [6, 6.07) is 2.18. The Morgan fingerprint density at radius 2 is 2.05 bits per heavy atom. The summed E-state index contributed by atoms with van der Waals surface area (Å²) in [5, 5.41) is -0.318. The second kappa shape index (κ2) is 6.04. The van der Waals surface area contributed by atoms with E-state index in [4.69, 9.17) is 17.3 Å². The number of likely N-dealkylation sites (N-methyl/N-ethyl adjacent to an activating group) is 1. The third kappa shape index (κ3) is 4.04. The number of nitrogens with zero attached hydrogens (tertiary/aromatic N) is 1. The molecule has 0 bridgehead atoms. The van der Waals surface area contributed by atoms with Crippen LogP contribution in [0.1, 0.15) is 6.92 Å². The maximum Gasteiger partial charge on any atom is 0.243 e. The highest BCUT2D eigenvalue weighted by Gasteiger charge is 2.22. The summed E-state index contributed by atoms with van der Waals surface area (Å²) in [7, 11) is -0.348. The first kappa shape index (κ1) is 16.2. The quantitative estimate of drug-likeness (QED) is 0.804. The number of anilines is 1. The van der Waals surface area contributed by atoms with Crippen molar-refractivity contribution >= 4 is 27.3 Å². The summed E-state index contributed by atoms with van der Waals surface area (Å²) in [6.45, 7) is 1.99. The van der Waals surface area contributed by atoms with Gasteiger partial charge in [-0.3, -0.25) is 0 Å². The molecule has 1 aromatic carbocycles. The molecule has 0 fully saturated rings. The molecule has 108 valence electrons. The number of nitrogen functional groups attached to an aromatic ring is 1. The molecule has 0 aliphatic heterocycles. The molecule has 0 radical (unpaired) electrons. The molecular weight excluding hydrogens is 293 g/mol. The van der Waals surface area contributed by atoms with Crippen molar-refractivity contribution in [2.45, 2.75) is 17.9 Å². The minimum Gasteiger partial charge on any atom is -0.399 e. The molecule has 1 unspecified atom stereocenters. The first-order chi connectivity index (χ1) is 8.65. The molecule has 1 atom stereocenters. The first-order valence-corrected chi connectivity index (χ1v) is 7.42. The summed E-state index contributed by atoms with van der Waals surface area (Å²) in [5.41, 5.74) is 5.57. The van der Waals surface area contributed by atoms with Gasteiger partial charge in [0.25, 0.3) is 0 Å². The Bertz CT molecular complexity index is 563. The monoisotopic (exact) mass is 309 g/mol. The van der Waals surface area contributed by atoms with Crippen molar-refractivity contribution in [3.63, 3.8) is 0 Å². The van der Waals surface area contributed by atoms with E-state index in [2.05, 4.69) is 4.72 Å². The minimum atomic E-state index is -3.98. The van der Waals surface area contributed by atoms with Gasteiger partial charge in [-0.25, -0.2) is 17.5 Å². The normalized spacial score (nSPS) is 13.8. The van der Waals surface area contributed by atoms with Crippen LogP contribution < -0.4 is 10.5 Å². The topological polar surface area (TPSA) is 75.4 Å². The second-order valence-electron chi connectivity index (χ2n) is 4.48. The maximum atomic E-state index is 13.7. The number of nitrogens with two attached hydrogens (primary N) is 1. The van der Waals surface area contributed by atoms with Crippen molar-refractivity contribution in [3.05, 3.63) is 23.0 Å². The molecule has 0 aliphatic carbocycles. The molecular formula is C11H17ClFN3O2S. The Balaban J connectivity index is 3.01. The molecule has 0 aliphatic rings. The van der Waals surface area contributed by atoms with Crippen molar-refractivity contribution in [2.24, 2.45) is 0 Å². The Morgan fingerprint density at radius 1 is 1.47 bits per heavy atom. The van der Waals surface area contributed by atoms with E-state index in [9.17, 15) is 12.8 Å². The first-order valence-electron chi connectivity index (χ1n) is 5.55. The number of rotatable bonds is 5.